The number of allylic oxidation sites excluding steroid dienone is 1. The van der Waals surface area contributed by atoms with Gasteiger partial charge in [0.2, 0.25) is 0 Å². The average molecular weight is 385 g/mol. The molecule has 0 aromatic carbocycles. The molecule has 2 heterocycles. The summed E-state index contributed by atoms with van der Waals surface area (Å²) in [6.45, 7) is 18.4. The molecule has 1 aliphatic heterocycles. The Morgan fingerprint density at radius 1 is 1.11 bits per heavy atom. The first kappa shape index (κ1) is 21.3. The van der Waals surface area contributed by atoms with Crippen LogP contribution in [0, 0.1) is 22.2 Å². The molecule has 0 bridgehead atoms. The van der Waals surface area contributed by atoms with Crippen molar-refractivity contribution in [1.29, 1.82) is 0 Å². The zero-order valence-electron chi connectivity index (χ0n) is 18.9. The zero-order chi connectivity index (χ0) is 20.4. The van der Waals surface area contributed by atoms with Crippen molar-refractivity contribution in [3.63, 3.8) is 0 Å². The van der Waals surface area contributed by atoms with Crippen molar-refractivity contribution in [1.82, 2.24) is 15.1 Å². The first-order valence-corrected chi connectivity index (χ1v) is 11.0. The van der Waals surface area contributed by atoms with Crippen LogP contribution in [0.15, 0.2) is 18.2 Å². The summed E-state index contributed by atoms with van der Waals surface area (Å²) in [5, 5.41) is 12.2. The van der Waals surface area contributed by atoms with Crippen molar-refractivity contribution in [3.8, 4) is 0 Å². The standard InChI is InChI=1S/C24H40N4/c1-22(2,3)10-9-20-7-8-21(27-26-20)25-18-19-17-24(19)12-15-28(16-13-24)14-11-23(4,5)6/h7-10,19H,11-18H2,1-6H3,(H,25,27)/b10-9+. The van der Waals surface area contributed by atoms with Gasteiger partial charge in [0.25, 0.3) is 0 Å². The van der Waals surface area contributed by atoms with Crippen LogP contribution in [0.1, 0.15) is 72.9 Å². The largest absolute Gasteiger partial charge is 0.368 e. The Labute approximate surface area is 172 Å². The monoisotopic (exact) mass is 384 g/mol. The van der Waals surface area contributed by atoms with Crippen LogP contribution in [0.4, 0.5) is 5.82 Å². The van der Waals surface area contributed by atoms with Gasteiger partial charge in [-0.1, -0.05) is 47.6 Å². The highest BCUT2D eigenvalue weighted by atomic mass is 15.2. The van der Waals surface area contributed by atoms with E-state index in [0.717, 1.165) is 24.0 Å². The molecule has 1 unspecified atom stereocenters. The third kappa shape index (κ3) is 6.30. The van der Waals surface area contributed by atoms with E-state index in [0.29, 0.717) is 10.8 Å². The second-order valence-corrected chi connectivity index (χ2v) is 11.3. The molecule has 1 aromatic rings. The lowest BCUT2D eigenvalue weighted by Gasteiger charge is -2.34. The van der Waals surface area contributed by atoms with E-state index in [1.807, 2.05) is 6.07 Å². The average Bonchev–Trinajstić information content (AvgIpc) is 3.29. The Bertz CT molecular complexity index is 655. The van der Waals surface area contributed by atoms with Gasteiger partial charge in [0.05, 0.1) is 5.69 Å². The molecule has 28 heavy (non-hydrogen) atoms. The lowest BCUT2D eigenvalue weighted by atomic mass is 9.88. The third-order valence-electron chi connectivity index (χ3n) is 6.36. The normalized spacial score (nSPS) is 22.7. The quantitative estimate of drug-likeness (QED) is 0.704. The molecule has 1 saturated carbocycles. The van der Waals surface area contributed by atoms with E-state index in [-0.39, 0.29) is 5.41 Å². The van der Waals surface area contributed by atoms with E-state index >= 15 is 0 Å². The highest BCUT2D eigenvalue weighted by molar-refractivity contribution is 5.47. The van der Waals surface area contributed by atoms with E-state index in [1.54, 1.807) is 0 Å². The number of piperidine rings is 1. The summed E-state index contributed by atoms with van der Waals surface area (Å²) in [5.41, 5.74) is 2.14. The minimum Gasteiger partial charge on any atom is -0.368 e. The number of hydrogen-bond acceptors (Lipinski definition) is 4. The first-order valence-electron chi connectivity index (χ1n) is 11.0. The molecule has 1 aliphatic carbocycles. The van der Waals surface area contributed by atoms with Crippen LogP contribution >= 0.6 is 0 Å². The predicted octanol–water partition coefficient (Wildman–Crippen LogP) is 5.49. The maximum Gasteiger partial charge on any atom is 0.148 e. The van der Waals surface area contributed by atoms with Gasteiger partial charge in [-0.05, 0) is 85.7 Å². The van der Waals surface area contributed by atoms with Gasteiger partial charge in [-0.25, -0.2) is 0 Å². The number of nitrogens with zero attached hydrogens (tertiary/aromatic N) is 3. The van der Waals surface area contributed by atoms with Crippen molar-refractivity contribution in [2.75, 3.05) is 31.5 Å². The Morgan fingerprint density at radius 2 is 1.82 bits per heavy atom. The molecule has 1 N–H and O–H groups in total. The van der Waals surface area contributed by atoms with E-state index < -0.39 is 0 Å². The Kier molecular flexibility index (Phi) is 6.19. The first-order chi connectivity index (χ1) is 13.0. The van der Waals surface area contributed by atoms with Crippen LogP contribution in [0.2, 0.25) is 0 Å². The number of hydrogen-bond donors (Lipinski definition) is 1. The molecular formula is C24H40N4. The van der Waals surface area contributed by atoms with Gasteiger partial charge in [-0.15, -0.1) is 10.2 Å². The number of aromatic nitrogens is 2. The fourth-order valence-corrected chi connectivity index (χ4v) is 4.14. The van der Waals surface area contributed by atoms with Crippen LogP contribution in [0.25, 0.3) is 6.08 Å². The van der Waals surface area contributed by atoms with Gasteiger partial charge in [-0.3, -0.25) is 0 Å². The van der Waals surface area contributed by atoms with Crippen molar-refractivity contribution >= 4 is 11.9 Å². The van der Waals surface area contributed by atoms with Gasteiger partial charge in [0.1, 0.15) is 5.82 Å². The topological polar surface area (TPSA) is 41.0 Å². The van der Waals surface area contributed by atoms with Gasteiger partial charge < -0.3 is 10.2 Å². The summed E-state index contributed by atoms with van der Waals surface area (Å²) in [6.07, 6.45) is 9.64. The zero-order valence-corrected chi connectivity index (χ0v) is 18.9. The minimum absolute atomic E-state index is 0.168. The number of likely N-dealkylation sites (tertiary alicyclic amines) is 1. The highest BCUT2D eigenvalue weighted by Crippen LogP contribution is 2.59. The smallest absolute Gasteiger partial charge is 0.148 e. The fourth-order valence-electron chi connectivity index (χ4n) is 4.14. The molecule has 1 saturated heterocycles. The molecule has 156 valence electrons. The Hall–Kier alpha value is -1.42. The van der Waals surface area contributed by atoms with Crippen LogP contribution in [-0.4, -0.2) is 41.3 Å². The van der Waals surface area contributed by atoms with Crippen LogP contribution < -0.4 is 5.32 Å². The third-order valence-corrected chi connectivity index (χ3v) is 6.36. The number of nitrogens with one attached hydrogen (secondary N) is 1. The predicted molar refractivity (Wildman–Crippen MR) is 119 cm³/mol. The van der Waals surface area contributed by atoms with Crippen LogP contribution in [0.5, 0.6) is 0 Å². The van der Waals surface area contributed by atoms with E-state index in [2.05, 4.69) is 80.2 Å². The van der Waals surface area contributed by atoms with Crippen LogP contribution in [0.3, 0.4) is 0 Å². The molecule has 0 amide bonds. The fraction of sp³-hybridized carbons (Fsp3) is 0.750. The molecule has 1 aromatic heterocycles. The van der Waals surface area contributed by atoms with Crippen molar-refractivity contribution in [3.05, 3.63) is 23.9 Å². The second kappa shape index (κ2) is 8.14. The summed E-state index contributed by atoms with van der Waals surface area (Å²) in [6, 6.07) is 4.10. The molecule has 1 spiro atoms. The molecule has 3 rings (SSSR count). The molecule has 0 radical (unpaired) electrons. The molecule has 2 aliphatic rings. The molecule has 4 nitrogen and oxygen atoms in total. The highest BCUT2D eigenvalue weighted by Gasteiger charge is 2.54. The molecule has 2 fully saturated rings. The number of rotatable bonds is 6. The summed E-state index contributed by atoms with van der Waals surface area (Å²) in [7, 11) is 0. The number of anilines is 1. The van der Waals surface area contributed by atoms with Gasteiger partial charge in [-0.2, -0.15) is 0 Å². The van der Waals surface area contributed by atoms with Crippen molar-refractivity contribution in [2.45, 2.75) is 67.2 Å². The Morgan fingerprint density at radius 3 is 2.39 bits per heavy atom. The van der Waals surface area contributed by atoms with Crippen molar-refractivity contribution in [2.24, 2.45) is 22.2 Å². The van der Waals surface area contributed by atoms with E-state index in [9.17, 15) is 0 Å². The molecule has 1 atom stereocenters. The maximum absolute atomic E-state index is 4.35. The molecule has 4 heteroatoms. The summed E-state index contributed by atoms with van der Waals surface area (Å²) >= 11 is 0. The van der Waals surface area contributed by atoms with Crippen molar-refractivity contribution < 1.29 is 0 Å². The Balaban J connectivity index is 1.40. The van der Waals surface area contributed by atoms with Gasteiger partial charge >= 0.3 is 0 Å². The summed E-state index contributed by atoms with van der Waals surface area (Å²) < 4.78 is 0. The summed E-state index contributed by atoms with van der Waals surface area (Å²) in [4.78, 5) is 2.68. The van der Waals surface area contributed by atoms with Gasteiger partial charge in [0, 0.05) is 6.54 Å². The SMILES string of the molecule is CC(C)(C)/C=C/c1ccc(NCC2CC23CCN(CCC(C)(C)C)CC3)nn1. The van der Waals surface area contributed by atoms with E-state index in [1.165, 1.54) is 45.3 Å². The lowest BCUT2D eigenvalue weighted by molar-refractivity contribution is 0.147. The van der Waals surface area contributed by atoms with E-state index in [4.69, 9.17) is 0 Å². The lowest BCUT2D eigenvalue weighted by Crippen LogP contribution is -2.37. The van der Waals surface area contributed by atoms with Gasteiger partial charge in [0.15, 0.2) is 0 Å². The minimum atomic E-state index is 0.168. The maximum atomic E-state index is 4.35. The molecular weight excluding hydrogens is 344 g/mol. The second-order valence-electron chi connectivity index (χ2n) is 11.3. The summed E-state index contributed by atoms with van der Waals surface area (Å²) in [5.74, 6) is 1.71. The van der Waals surface area contributed by atoms with Crippen LogP contribution in [-0.2, 0) is 0 Å².